The Kier molecular flexibility index (Phi) is 6.49. The number of amides is 1. The molecule has 4 rings (SSSR count). The van der Waals surface area contributed by atoms with Crippen molar-refractivity contribution in [3.8, 4) is 0 Å². The lowest BCUT2D eigenvalue weighted by Gasteiger charge is -2.24. The summed E-state index contributed by atoms with van der Waals surface area (Å²) in [6.45, 7) is 4.52. The topological polar surface area (TPSA) is 136 Å². The van der Waals surface area contributed by atoms with Gasteiger partial charge in [-0.05, 0) is 43.8 Å². The van der Waals surface area contributed by atoms with Crippen LogP contribution in [0.3, 0.4) is 0 Å². The lowest BCUT2D eigenvalue weighted by molar-refractivity contribution is 0.0942. The second kappa shape index (κ2) is 9.35. The number of hydrogen-bond donors (Lipinski definition) is 2. The summed E-state index contributed by atoms with van der Waals surface area (Å²) in [6.07, 6.45) is 4.68. The van der Waals surface area contributed by atoms with Crippen LogP contribution in [-0.4, -0.2) is 58.5 Å². The highest BCUT2D eigenvalue weighted by atomic mass is 32.2. The zero-order chi connectivity index (χ0) is 24.5. The first kappa shape index (κ1) is 23.6. The Balaban J connectivity index is 1.56. The minimum Gasteiger partial charge on any atom is -0.405 e. The van der Waals surface area contributed by atoms with E-state index in [1.807, 2.05) is 25.1 Å². The van der Waals surface area contributed by atoms with Crippen LogP contribution >= 0.6 is 0 Å². The maximum Gasteiger partial charge on any atom is 0.268 e. The number of carbonyl (C=O) groups excluding carboxylic acids is 1. The Morgan fingerprint density at radius 2 is 2.09 bits per heavy atom. The highest BCUT2D eigenvalue weighted by molar-refractivity contribution is 7.89. The van der Waals surface area contributed by atoms with Crippen LogP contribution in [0, 0.1) is 13.8 Å². The van der Waals surface area contributed by atoms with Gasteiger partial charge >= 0.3 is 0 Å². The van der Waals surface area contributed by atoms with Crippen LogP contribution in [0.1, 0.15) is 27.6 Å². The molecule has 1 aliphatic heterocycles. The first-order valence-electron chi connectivity index (χ1n) is 10.8. The molecule has 1 aliphatic rings. The van der Waals surface area contributed by atoms with Gasteiger partial charge in [-0.1, -0.05) is 12.1 Å². The van der Waals surface area contributed by atoms with E-state index < -0.39 is 10.0 Å². The summed E-state index contributed by atoms with van der Waals surface area (Å²) < 4.78 is 29.7. The molecule has 0 fully saturated rings. The Bertz CT molecular complexity index is 1420. The quantitative estimate of drug-likeness (QED) is 0.547. The van der Waals surface area contributed by atoms with E-state index in [-0.39, 0.29) is 36.1 Å². The van der Waals surface area contributed by atoms with E-state index in [4.69, 9.17) is 5.73 Å². The standard InChI is InChI=1S/C23H27N7O3S/c1-15-22(34(32,33)30-10-9-25-18(14-30)7-8-24)11-21(29(15)3)23(31)27-12-17-5-4-6-20-19(17)13-26-16(2)28-20/h4-8,11,13H,9-10,12,14,24H2,1-3H3,(H,27,31). The first-order valence-corrected chi connectivity index (χ1v) is 12.2. The zero-order valence-electron chi connectivity index (χ0n) is 19.3. The Hall–Kier alpha value is -3.57. The van der Waals surface area contributed by atoms with E-state index in [1.165, 1.54) is 16.6 Å². The van der Waals surface area contributed by atoms with Crippen molar-refractivity contribution in [3.63, 3.8) is 0 Å². The van der Waals surface area contributed by atoms with Crippen molar-refractivity contribution in [3.05, 3.63) is 65.5 Å². The summed E-state index contributed by atoms with van der Waals surface area (Å²) in [5.41, 5.74) is 8.44. The molecule has 0 bridgehead atoms. The molecule has 1 aromatic carbocycles. The number of sulfonamides is 1. The fraction of sp³-hybridized carbons (Fsp3) is 0.304. The maximum absolute atomic E-state index is 13.4. The minimum atomic E-state index is -3.82. The SMILES string of the molecule is Cc1ncc2c(CNC(=O)c3cc(S(=O)(=O)N4CCN=C(C=CN)C4)c(C)n3C)cccc2n1. The molecule has 2 aromatic heterocycles. The van der Waals surface area contributed by atoms with Crippen molar-refractivity contribution in [2.75, 3.05) is 19.6 Å². The Morgan fingerprint density at radius 3 is 2.85 bits per heavy atom. The van der Waals surface area contributed by atoms with Gasteiger partial charge < -0.3 is 15.6 Å². The molecule has 3 aromatic rings. The monoisotopic (exact) mass is 481 g/mol. The fourth-order valence-electron chi connectivity index (χ4n) is 3.95. The molecular weight excluding hydrogens is 454 g/mol. The number of nitrogens with two attached hydrogens (primary N) is 1. The van der Waals surface area contributed by atoms with Gasteiger partial charge in [0.1, 0.15) is 16.4 Å². The van der Waals surface area contributed by atoms with Crippen LogP contribution in [0.4, 0.5) is 0 Å². The van der Waals surface area contributed by atoms with Gasteiger partial charge in [0, 0.05) is 37.4 Å². The van der Waals surface area contributed by atoms with Crippen LogP contribution in [0.25, 0.3) is 10.9 Å². The fourth-order valence-corrected chi connectivity index (χ4v) is 5.63. The van der Waals surface area contributed by atoms with Gasteiger partial charge in [0.25, 0.3) is 5.91 Å². The number of aromatic nitrogens is 3. The molecule has 0 spiro atoms. The summed E-state index contributed by atoms with van der Waals surface area (Å²) in [4.78, 5) is 26.1. The highest BCUT2D eigenvalue weighted by Crippen LogP contribution is 2.24. The summed E-state index contributed by atoms with van der Waals surface area (Å²) in [6, 6.07) is 7.11. The molecule has 10 nitrogen and oxygen atoms in total. The van der Waals surface area contributed by atoms with Crippen LogP contribution in [0.5, 0.6) is 0 Å². The molecule has 0 aliphatic carbocycles. The average Bonchev–Trinajstić information content (AvgIpc) is 3.12. The van der Waals surface area contributed by atoms with Crippen LogP contribution < -0.4 is 11.1 Å². The van der Waals surface area contributed by atoms with E-state index in [0.29, 0.717) is 23.8 Å². The van der Waals surface area contributed by atoms with E-state index in [0.717, 1.165) is 16.5 Å². The van der Waals surface area contributed by atoms with Crippen LogP contribution in [-0.2, 0) is 23.6 Å². The van der Waals surface area contributed by atoms with Crippen molar-refractivity contribution in [1.29, 1.82) is 0 Å². The molecule has 0 radical (unpaired) electrons. The van der Waals surface area contributed by atoms with Gasteiger partial charge in [0.05, 0.1) is 24.3 Å². The van der Waals surface area contributed by atoms with Crippen molar-refractivity contribution in [1.82, 2.24) is 24.2 Å². The summed E-state index contributed by atoms with van der Waals surface area (Å²) in [7, 11) is -2.14. The van der Waals surface area contributed by atoms with Crippen molar-refractivity contribution in [2.45, 2.75) is 25.3 Å². The molecule has 11 heteroatoms. The van der Waals surface area contributed by atoms with Gasteiger partial charge in [0.15, 0.2) is 0 Å². The van der Waals surface area contributed by atoms with Gasteiger partial charge in [-0.2, -0.15) is 4.31 Å². The molecule has 3 N–H and O–H groups in total. The van der Waals surface area contributed by atoms with E-state index in [9.17, 15) is 13.2 Å². The van der Waals surface area contributed by atoms with Gasteiger partial charge in [-0.25, -0.2) is 18.4 Å². The molecular formula is C23H27N7O3S. The smallest absolute Gasteiger partial charge is 0.268 e. The van der Waals surface area contributed by atoms with Crippen LogP contribution in [0.15, 0.2) is 52.6 Å². The Labute approximate surface area is 198 Å². The summed E-state index contributed by atoms with van der Waals surface area (Å²) in [5, 5.41) is 3.75. The Morgan fingerprint density at radius 1 is 1.29 bits per heavy atom. The largest absolute Gasteiger partial charge is 0.405 e. The van der Waals surface area contributed by atoms with Crippen molar-refractivity contribution in [2.24, 2.45) is 17.8 Å². The van der Waals surface area contributed by atoms with Crippen LogP contribution in [0.2, 0.25) is 0 Å². The van der Waals surface area contributed by atoms with Crippen molar-refractivity contribution >= 4 is 32.5 Å². The number of hydrogen-bond acceptors (Lipinski definition) is 7. The predicted octanol–water partition coefficient (Wildman–Crippen LogP) is 1.43. The highest BCUT2D eigenvalue weighted by Gasteiger charge is 2.31. The zero-order valence-corrected chi connectivity index (χ0v) is 20.1. The third-order valence-corrected chi connectivity index (χ3v) is 7.87. The molecule has 178 valence electrons. The summed E-state index contributed by atoms with van der Waals surface area (Å²) >= 11 is 0. The van der Waals surface area contributed by atoms with Gasteiger partial charge in [-0.3, -0.25) is 9.79 Å². The average molecular weight is 482 g/mol. The molecule has 34 heavy (non-hydrogen) atoms. The third-order valence-electron chi connectivity index (χ3n) is 5.91. The number of rotatable bonds is 6. The minimum absolute atomic E-state index is 0.104. The molecule has 0 saturated carbocycles. The first-order chi connectivity index (χ1) is 16.2. The normalized spacial score (nSPS) is 15.1. The second-order valence-corrected chi connectivity index (χ2v) is 9.97. The molecule has 3 heterocycles. The number of carbonyl (C=O) groups is 1. The lowest BCUT2D eigenvalue weighted by atomic mass is 10.1. The predicted molar refractivity (Wildman–Crippen MR) is 130 cm³/mol. The van der Waals surface area contributed by atoms with Crippen molar-refractivity contribution < 1.29 is 13.2 Å². The number of aliphatic imine (C=N–C) groups is 1. The number of nitrogens with zero attached hydrogens (tertiary/aromatic N) is 5. The maximum atomic E-state index is 13.4. The second-order valence-electron chi connectivity index (χ2n) is 8.06. The molecule has 1 amide bonds. The third kappa shape index (κ3) is 4.44. The number of benzene rings is 1. The van der Waals surface area contributed by atoms with E-state index in [1.54, 1.807) is 30.8 Å². The molecule has 0 unspecified atom stereocenters. The van der Waals surface area contributed by atoms with E-state index >= 15 is 0 Å². The van der Waals surface area contributed by atoms with Gasteiger partial charge in [-0.15, -0.1) is 0 Å². The van der Waals surface area contributed by atoms with E-state index in [2.05, 4.69) is 20.3 Å². The number of aryl methyl sites for hydroxylation is 1. The molecule has 0 atom stereocenters. The molecule has 0 saturated heterocycles. The number of nitrogens with one attached hydrogen (secondary N) is 1. The number of fused-ring (bicyclic) bond motifs is 1. The van der Waals surface area contributed by atoms with Gasteiger partial charge in [0.2, 0.25) is 10.0 Å². The summed E-state index contributed by atoms with van der Waals surface area (Å²) in [5.74, 6) is 0.303. The lowest BCUT2D eigenvalue weighted by Crippen LogP contribution is -2.40.